The fraction of sp³-hybridized carbons (Fsp3) is 0.294. The molecule has 2 rings (SSSR count). The summed E-state index contributed by atoms with van der Waals surface area (Å²) >= 11 is 12.1. The van der Waals surface area contributed by atoms with Gasteiger partial charge in [0.05, 0.1) is 15.7 Å². The first-order valence-electron chi connectivity index (χ1n) is 7.42. The van der Waals surface area contributed by atoms with Crippen LogP contribution in [0.2, 0.25) is 10.0 Å². The summed E-state index contributed by atoms with van der Waals surface area (Å²) in [6, 6.07) is 8.43. The van der Waals surface area contributed by atoms with Gasteiger partial charge in [-0.25, -0.2) is 4.98 Å². The highest BCUT2D eigenvalue weighted by molar-refractivity contribution is 6.40. The van der Waals surface area contributed by atoms with Gasteiger partial charge >= 0.3 is 0 Å². The SMILES string of the molecule is CC(C)CCNc1cc(C(=O)Nc2c(Cl)cccc2Cl)ccn1. The van der Waals surface area contributed by atoms with Gasteiger partial charge in [0.15, 0.2) is 0 Å². The number of hydrogen-bond donors (Lipinski definition) is 2. The zero-order chi connectivity index (χ0) is 16.8. The Hall–Kier alpha value is -1.78. The van der Waals surface area contributed by atoms with Crippen LogP contribution in [0.15, 0.2) is 36.5 Å². The summed E-state index contributed by atoms with van der Waals surface area (Å²) in [5, 5.41) is 6.75. The molecule has 0 saturated heterocycles. The molecular formula is C17H19Cl2N3O. The van der Waals surface area contributed by atoms with Gasteiger partial charge in [-0.15, -0.1) is 0 Å². The summed E-state index contributed by atoms with van der Waals surface area (Å²) in [5.41, 5.74) is 0.898. The van der Waals surface area contributed by atoms with Gasteiger partial charge in [-0.1, -0.05) is 43.1 Å². The molecule has 0 aliphatic carbocycles. The number of benzene rings is 1. The van der Waals surface area contributed by atoms with Gasteiger partial charge in [0, 0.05) is 18.3 Å². The van der Waals surface area contributed by atoms with Crippen LogP contribution in [-0.4, -0.2) is 17.4 Å². The van der Waals surface area contributed by atoms with E-state index in [2.05, 4.69) is 29.5 Å². The predicted octanol–water partition coefficient (Wildman–Crippen LogP) is 5.10. The molecule has 0 bridgehead atoms. The minimum Gasteiger partial charge on any atom is -0.370 e. The number of rotatable bonds is 6. The number of pyridine rings is 1. The Morgan fingerprint density at radius 1 is 1.22 bits per heavy atom. The van der Waals surface area contributed by atoms with E-state index in [1.165, 1.54) is 0 Å². The van der Waals surface area contributed by atoms with Gasteiger partial charge in [-0.05, 0) is 36.6 Å². The first-order chi connectivity index (χ1) is 11.0. The summed E-state index contributed by atoms with van der Waals surface area (Å²) in [4.78, 5) is 16.6. The number of carbonyl (C=O) groups excluding carboxylic acids is 1. The molecule has 0 fully saturated rings. The Morgan fingerprint density at radius 2 is 1.91 bits per heavy atom. The number of para-hydroxylation sites is 1. The molecule has 0 saturated carbocycles. The second-order valence-corrected chi connectivity index (χ2v) is 6.40. The number of hydrogen-bond acceptors (Lipinski definition) is 3. The van der Waals surface area contributed by atoms with E-state index in [-0.39, 0.29) is 5.91 Å². The molecular weight excluding hydrogens is 333 g/mol. The molecule has 0 unspecified atom stereocenters. The summed E-state index contributed by atoms with van der Waals surface area (Å²) in [5.74, 6) is 0.995. The Labute approximate surface area is 146 Å². The molecule has 122 valence electrons. The molecule has 1 heterocycles. The second-order valence-electron chi connectivity index (χ2n) is 5.59. The maximum absolute atomic E-state index is 12.4. The molecule has 2 aromatic rings. The van der Waals surface area contributed by atoms with E-state index in [1.807, 2.05) is 0 Å². The number of aromatic nitrogens is 1. The zero-order valence-electron chi connectivity index (χ0n) is 13.1. The molecule has 0 aliphatic rings. The molecule has 4 nitrogen and oxygen atoms in total. The lowest BCUT2D eigenvalue weighted by Gasteiger charge is -2.11. The molecule has 6 heteroatoms. The van der Waals surface area contributed by atoms with Crippen LogP contribution in [0.5, 0.6) is 0 Å². The summed E-state index contributed by atoms with van der Waals surface area (Å²) < 4.78 is 0. The smallest absolute Gasteiger partial charge is 0.255 e. The third-order valence-corrected chi connectivity index (χ3v) is 3.88. The van der Waals surface area contributed by atoms with Crippen molar-refractivity contribution in [2.45, 2.75) is 20.3 Å². The van der Waals surface area contributed by atoms with Crippen molar-refractivity contribution in [2.75, 3.05) is 17.2 Å². The largest absolute Gasteiger partial charge is 0.370 e. The third kappa shape index (κ3) is 5.12. The van der Waals surface area contributed by atoms with E-state index in [1.54, 1.807) is 36.5 Å². The van der Waals surface area contributed by atoms with Crippen molar-refractivity contribution >= 4 is 40.6 Å². The van der Waals surface area contributed by atoms with Crippen LogP contribution >= 0.6 is 23.2 Å². The summed E-state index contributed by atoms with van der Waals surface area (Å²) in [6.07, 6.45) is 2.63. The fourth-order valence-electron chi connectivity index (χ4n) is 1.96. The van der Waals surface area contributed by atoms with E-state index in [0.29, 0.717) is 33.0 Å². The first kappa shape index (κ1) is 17.6. The van der Waals surface area contributed by atoms with Crippen LogP contribution in [0, 0.1) is 5.92 Å². The number of anilines is 2. The molecule has 0 spiro atoms. The molecule has 1 aromatic heterocycles. The molecule has 1 amide bonds. The van der Waals surface area contributed by atoms with E-state index >= 15 is 0 Å². The van der Waals surface area contributed by atoms with Crippen LogP contribution < -0.4 is 10.6 Å². The average Bonchev–Trinajstić information content (AvgIpc) is 2.51. The zero-order valence-corrected chi connectivity index (χ0v) is 14.6. The Bertz CT molecular complexity index is 669. The summed E-state index contributed by atoms with van der Waals surface area (Å²) in [6.45, 7) is 5.13. The second kappa shape index (κ2) is 8.18. The van der Waals surface area contributed by atoms with Crippen molar-refractivity contribution in [3.63, 3.8) is 0 Å². The van der Waals surface area contributed by atoms with Crippen molar-refractivity contribution < 1.29 is 4.79 Å². The van der Waals surface area contributed by atoms with Crippen molar-refractivity contribution in [1.29, 1.82) is 0 Å². The highest BCUT2D eigenvalue weighted by Crippen LogP contribution is 2.30. The van der Waals surface area contributed by atoms with Crippen LogP contribution in [0.25, 0.3) is 0 Å². The lowest BCUT2D eigenvalue weighted by molar-refractivity contribution is 0.102. The van der Waals surface area contributed by atoms with Crippen LogP contribution in [0.4, 0.5) is 11.5 Å². The van der Waals surface area contributed by atoms with Gasteiger partial charge in [0.2, 0.25) is 0 Å². The minimum atomic E-state index is -0.283. The number of halogens is 2. The monoisotopic (exact) mass is 351 g/mol. The van der Waals surface area contributed by atoms with Crippen LogP contribution in [0.3, 0.4) is 0 Å². The maximum atomic E-state index is 12.4. The van der Waals surface area contributed by atoms with Gasteiger partial charge in [0.1, 0.15) is 5.82 Å². The van der Waals surface area contributed by atoms with Gasteiger partial charge in [0.25, 0.3) is 5.91 Å². The van der Waals surface area contributed by atoms with Crippen LogP contribution in [0.1, 0.15) is 30.6 Å². The van der Waals surface area contributed by atoms with Crippen molar-refractivity contribution in [3.05, 3.63) is 52.1 Å². The number of nitrogens with one attached hydrogen (secondary N) is 2. The molecule has 0 aliphatic heterocycles. The molecule has 0 atom stereocenters. The molecule has 1 aromatic carbocycles. The predicted molar refractivity (Wildman–Crippen MR) is 96.6 cm³/mol. The Balaban J connectivity index is 2.08. The van der Waals surface area contributed by atoms with E-state index in [9.17, 15) is 4.79 Å². The minimum absolute atomic E-state index is 0.283. The highest BCUT2D eigenvalue weighted by atomic mass is 35.5. The van der Waals surface area contributed by atoms with E-state index < -0.39 is 0 Å². The number of amides is 1. The van der Waals surface area contributed by atoms with Gasteiger partial charge in [-0.2, -0.15) is 0 Å². The Kier molecular flexibility index (Phi) is 6.25. The molecule has 2 N–H and O–H groups in total. The standard InChI is InChI=1S/C17H19Cl2N3O/c1-11(2)6-8-20-15-10-12(7-9-21-15)17(23)22-16-13(18)4-3-5-14(16)19/h3-5,7,9-11H,6,8H2,1-2H3,(H,20,21)(H,22,23). The fourth-order valence-corrected chi connectivity index (χ4v) is 2.45. The lowest BCUT2D eigenvalue weighted by atomic mass is 10.1. The summed E-state index contributed by atoms with van der Waals surface area (Å²) in [7, 11) is 0. The topological polar surface area (TPSA) is 54.0 Å². The number of carbonyl (C=O) groups is 1. The third-order valence-electron chi connectivity index (χ3n) is 3.25. The Morgan fingerprint density at radius 3 is 2.57 bits per heavy atom. The highest BCUT2D eigenvalue weighted by Gasteiger charge is 2.12. The van der Waals surface area contributed by atoms with Gasteiger partial charge < -0.3 is 10.6 Å². The normalized spacial score (nSPS) is 10.7. The molecule has 23 heavy (non-hydrogen) atoms. The van der Waals surface area contributed by atoms with Crippen molar-refractivity contribution in [1.82, 2.24) is 4.98 Å². The van der Waals surface area contributed by atoms with E-state index in [0.717, 1.165) is 13.0 Å². The van der Waals surface area contributed by atoms with Crippen molar-refractivity contribution in [2.24, 2.45) is 5.92 Å². The first-order valence-corrected chi connectivity index (χ1v) is 8.18. The maximum Gasteiger partial charge on any atom is 0.255 e. The van der Waals surface area contributed by atoms with Crippen molar-refractivity contribution in [3.8, 4) is 0 Å². The molecule has 0 radical (unpaired) electrons. The average molecular weight is 352 g/mol. The van der Waals surface area contributed by atoms with E-state index in [4.69, 9.17) is 23.2 Å². The number of nitrogens with zero attached hydrogens (tertiary/aromatic N) is 1. The lowest BCUT2D eigenvalue weighted by Crippen LogP contribution is -2.14. The van der Waals surface area contributed by atoms with Crippen LogP contribution in [-0.2, 0) is 0 Å². The quantitative estimate of drug-likeness (QED) is 0.761. The van der Waals surface area contributed by atoms with Gasteiger partial charge in [-0.3, -0.25) is 4.79 Å².